The fourth-order valence-electron chi connectivity index (χ4n) is 2.57. The average molecular weight is 266 g/mol. The molecule has 1 aromatic heterocycles. The highest BCUT2D eigenvalue weighted by molar-refractivity contribution is 5.84. The summed E-state index contributed by atoms with van der Waals surface area (Å²) in [6.07, 6.45) is 11.4. The zero-order valence-corrected chi connectivity index (χ0v) is 11.5. The lowest BCUT2D eigenvalue weighted by Crippen LogP contribution is -2.21. The smallest absolute Gasteiger partial charge is 0.230 e. The summed E-state index contributed by atoms with van der Waals surface area (Å²) < 4.78 is 0. The normalized spacial score (nSPS) is 15.2. The van der Waals surface area contributed by atoms with Crippen LogP contribution in [-0.4, -0.2) is 15.8 Å². The zero-order valence-electron chi connectivity index (χ0n) is 11.5. The number of aromatic nitrogens is 1. The molecule has 0 bridgehead atoms. The molecule has 0 atom stereocenters. The van der Waals surface area contributed by atoms with Crippen molar-refractivity contribution in [2.24, 2.45) is 0 Å². The number of hydrogen-bond donors (Lipinski definition) is 1. The first-order chi connectivity index (χ1) is 9.79. The second-order valence-corrected chi connectivity index (χ2v) is 5.05. The highest BCUT2D eigenvalue weighted by Gasteiger charge is 2.16. The zero-order chi connectivity index (χ0) is 13.9. The van der Waals surface area contributed by atoms with E-state index in [1.807, 2.05) is 37.7 Å². The molecule has 0 aliphatic carbocycles. The highest BCUT2D eigenvalue weighted by atomic mass is 16.2. The van der Waals surface area contributed by atoms with Gasteiger partial charge in [0.15, 0.2) is 0 Å². The number of amides is 1. The van der Waals surface area contributed by atoms with E-state index in [0.29, 0.717) is 6.42 Å². The Morgan fingerprint density at radius 1 is 1.25 bits per heavy atom. The summed E-state index contributed by atoms with van der Waals surface area (Å²) in [4.78, 5) is 16.8. The number of carbonyl (C=O) groups excluding carboxylic acids is 1. The van der Waals surface area contributed by atoms with Gasteiger partial charge in [-0.3, -0.25) is 9.69 Å². The monoisotopic (exact) mass is 266 g/mol. The number of benzene rings is 1. The van der Waals surface area contributed by atoms with Gasteiger partial charge < -0.3 is 4.98 Å². The minimum absolute atomic E-state index is 0.150. The first-order valence-electron chi connectivity index (χ1n) is 7.03. The van der Waals surface area contributed by atoms with Crippen LogP contribution >= 0.6 is 0 Å². The predicted molar refractivity (Wildman–Crippen MR) is 81.1 cm³/mol. The van der Waals surface area contributed by atoms with E-state index in [4.69, 9.17) is 0 Å². The number of fused-ring (bicyclic) bond motifs is 1. The van der Waals surface area contributed by atoms with Crippen molar-refractivity contribution in [1.29, 1.82) is 0 Å². The van der Waals surface area contributed by atoms with Gasteiger partial charge in [-0.1, -0.05) is 37.3 Å². The van der Waals surface area contributed by atoms with Crippen molar-refractivity contribution in [3.8, 4) is 0 Å². The third kappa shape index (κ3) is 2.27. The van der Waals surface area contributed by atoms with Crippen molar-refractivity contribution in [2.75, 3.05) is 0 Å². The minimum atomic E-state index is 0.150. The molecule has 2 heterocycles. The molecule has 20 heavy (non-hydrogen) atoms. The molecular formula is C17H18N2O. The van der Waals surface area contributed by atoms with Gasteiger partial charge in [0.05, 0.1) is 0 Å². The Balaban J connectivity index is 1.83. The number of H-pyrrole nitrogens is 1. The molecule has 1 N–H and O–H groups in total. The molecule has 2 aromatic rings. The van der Waals surface area contributed by atoms with Crippen LogP contribution in [0.1, 0.15) is 31.2 Å². The summed E-state index contributed by atoms with van der Waals surface area (Å²) in [6, 6.07) is 8.27. The van der Waals surface area contributed by atoms with Crippen molar-refractivity contribution >= 4 is 16.8 Å². The Hall–Kier alpha value is -2.29. The van der Waals surface area contributed by atoms with Crippen molar-refractivity contribution in [1.82, 2.24) is 9.88 Å². The van der Waals surface area contributed by atoms with Crippen LogP contribution in [0.4, 0.5) is 0 Å². The molecule has 0 spiro atoms. The first kappa shape index (κ1) is 12.7. The number of hydrogen-bond acceptors (Lipinski definition) is 1. The Kier molecular flexibility index (Phi) is 3.42. The van der Waals surface area contributed by atoms with E-state index in [1.165, 1.54) is 10.9 Å². The van der Waals surface area contributed by atoms with E-state index in [1.54, 1.807) is 4.90 Å². The highest BCUT2D eigenvalue weighted by Crippen LogP contribution is 2.29. The average Bonchev–Trinajstić information content (AvgIpc) is 2.92. The lowest BCUT2D eigenvalue weighted by atomic mass is 9.97. The molecule has 1 aliphatic heterocycles. The van der Waals surface area contributed by atoms with Gasteiger partial charge in [-0.25, -0.2) is 0 Å². The number of carbonyl (C=O) groups is 1. The lowest BCUT2D eigenvalue weighted by Gasteiger charge is -2.19. The van der Waals surface area contributed by atoms with Crippen molar-refractivity contribution in [3.63, 3.8) is 0 Å². The fraction of sp³-hybridized carbons (Fsp3) is 0.235. The molecule has 1 aliphatic rings. The second-order valence-electron chi connectivity index (χ2n) is 5.05. The Morgan fingerprint density at radius 3 is 2.75 bits per heavy atom. The molecule has 1 aromatic carbocycles. The molecule has 0 fully saturated rings. The van der Waals surface area contributed by atoms with Crippen LogP contribution in [0.3, 0.4) is 0 Å². The fourth-order valence-corrected chi connectivity index (χ4v) is 2.57. The Morgan fingerprint density at radius 2 is 2.00 bits per heavy atom. The predicted octanol–water partition coefficient (Wildman–Crippen LogP) is 3.92. The summed E-state index contributed by atoms with van der Waals surface area (Å²) in [6.45, 7) is 2.02. The van der Waals surface area contributed by atoms with Crippen LogP contribution in [0.15, 0.2) is 55.0 Å². The van der Waals surface area contributed by atoms with E-state index in [2.05, 4.69) is 29.3 Å². The Bertz CT molecular complexity index is 667. The third-order valence-electron chi connectivity index (χ3n) is 3.64. The van der Waals surface area contributed by atoms with Crippen LogP contribution < -0.4 is 0 Å². The molecule has 0 radical (unpaired) electrons. The van der Waals surface area contributed by atoms with Crippen LogP contribution in [0.5, 0.6) is 0 Å². The summed E-state index contributed by atoms with van der Waals surface area (Å²) >= 11 is 0. The minimum Gasteiger partial charge on any atom is -0.361 e. The van der Waals surface area contributed by atoms with Crippen molar-refractivity contribution < 1.29 is 4.79 Å². The third-order valence-corrected chi connectivity index (χ3v) is 3.64. The molecular weight excluding hydrogens is 248 g/mol. The van der Waals surface area contributed by atoms with Crippen LogP contribution in [0, 0.1) is 0 Å². The summed E-state index contributed by atoms with van der Waals surface area (Å²) in [5.41, 5.74) is 2.39. The van der Waals surface area contributed by atoms with Gasteiger partial charge in [0, 0.05) is 41.8 Å². The van der Waals surface area contributed by atoms with Gasteiger partial charge >= 0.3 is 0 Å². The van der Waals surface area contributed by atoms with Gasteiger partial charge in [-0.15, -0.1) is 0 Å². The number of nitrogens with one attached hydrogen (secondary N) is 1. The van der Waals surface area contributed by atoms with Crippen molar-refractivity contribution in [3.05, 3.63) is 60.6 Å². The lowest BCUT2D eigenvalue weighted by molar-refractivity contribution is -0.126. The van der Waals surface area contributed by atoms with Gasteiger partial charge in [-0.05, 0) is 18.1 Å². The molecule has 0 saturated heterocycles. The van der Waals surface area contributed by atoms with E-state index < -0.39 is 0 Å². The molecule has 102 valence electrons. The SMILES string of the molecule is CCCC(=O)N1C=CC(c2c[nH]c3ccccc23)C=C1. The molecule has 3 nitrogen and oxygen atoms in total. The summed E-state index contributed by atoms with van der Waals surface area (Å²) in [7, 11) is 0. The number of rotatable bonds is 3. The number of nitrogens with zero attached hydrogens (tertiary/aromatic N) is 1. The molecule has 0 unspecified atom stereocenters. The number of para-hydroxylation sites is 1. The number of aromatic amines is 1. The maximum Gasteiger partial charge on any atom is 0.230 e. The first-order valence-corrected chi connectivity index (χ1v) is 7.03. The maximum absolute atomic E-state index is 11.8. The van der Waals surface area contributed by atoms with Crippen LogP contribution in [0.25, 0.3) is 10.9 Å². The van der Waals surface area contributed by atoms with Gasteiger partial charge in [0.1, 0.15) is 0 Å². The number of allylic oxidation sites excluding steroid dienone is 2. The van der Waals surface area contributed by atoms with Gasteiger partial charge in [-0.2, -0.15) is 0 Å². The van der Waals surface area contributed by atoms with Crippen LogP contribution in [0.2, 0.25) is 0 Å². The van der Waals surface area contributed by atoms with Gasteiger partial charge in [0.25, 0.3) is 0 Å². The van der Waals surface area contributed by atoms with E-state index >= 15 is 0 Å². The topological polar surface area (TPSA) is 36.1 Å². The largest absolute Gasteiger partial charge is 0.361 e. The molecule has 0 saturated carbocycles. The van der Waals surface area contributed by atoms with Gasteiger partial charge in [0.2, 0.25) is 5.91 Å². The molecule has 3 rings (SSSR count). The summed E-state index contributed by atoms with van der Waals surface area (Å²) in [5.74, 6) is 0.370. The maximum atomic E-state index is 11.8. The summed E-state index contributed by atoms with van der Waals surface area (Å²) in [5, 5.41) is 1.24. The second kappa shape index (κ2) is 5.37. The molecule has 3 heteroatoms. The van der Waals surface area contributed by atoms with E-state index in [9.17, 15) is 4.79 Å². The van der Waals surface area contributed by atoms with Crippen LogP contribution in [-0.2, 0) is 4.79 Å². The Labute approximate surface area is 118 Å². The van der Waals surface area contributed by atoms with E-state index in [-0.39, 0.29) is 11.8 Å². The quantitative estimate of drug-likeness (QED) is 0.898. The van der Waals surface area contributed by atoms with Crippen molar-refractivity contribution in [2.45, 2.75) is 25.7 Å². The van der Waals surface area contributed by atoms with E-state index in [0.717, 1.165) is 11.9 Å². The standard InChI is InChI=1S/C17H18N2O/c1-2-5-17(20)19-10-8-13(9-11-19)15-12-18-16-7-4-3-6-14(15)16/h3-4,6-13,18H,2,5H2,1H3. The molecule has 1 amide bonds.